The molecule has 0 unspecified atom stereocenters. The highest BCUT2D eigenvalue weighted by Crippen LogP contribution is 2.27. The van der Waals surface area contributed by atoms with E-state index in [9.17, 15) is 9.59 Å². The summed E-state index contributed by atoms with van der Waals surface area (Å²) in [6.45, 7) is 1.96. The van der Waals surface area contributed by atoms with Crippen LogP contribution in [0.3, 0.4) is 0 Å². The average Bonchev–Trinajstić information content (AvgIpc) is 3.56. The van der Waals surface area contributed by atoms with Crippen LogP contribution in [0.2, 0.25) is 0 Å². The van der Waals surface area contributed by atoms with Crippen LogP contribution in [-0.4, -0.2) is 34.9 Å². The topological polar surface area (TPSA) is 96.1 Å². The van der Waals surface area contributed by atoms with Crippen molar-refractivity contribution in [1.82, 2.24) is 15.3 Å². The van der Waals surface area contributed by atoms with E-state index in [1.165, 1.54) is 11.3 Å². The van der Waals surface area contributed by atoms with Gasteiger partial charge >= 0.3 is 0 Å². The predicted octanol–water partition coefficient (Wildman–Crippen LogP) is 5.59. The number of methoxy groups -OCH3 is 1. The Bertz CT molecular complexity index is 1540. The van der Waals surface area contributed by atoms with Gasteiger partial charge in [-0.25, -0.2) is 4.98 Å². The summed E-state index contributed by atoms with van der Waals surface area (Å²) in [6.07, 6.45) is 2.21. The van der Waals surface area contributed by atoms with Crippen molar-refractivity contribution >= 4 is 39.2 Å². The van der Waals surface area contributed by atoms with Crippen LogP contribution in [-0.2, 0) is 11.2 Å². The van der Waals surface area contributed by atoms with Crippen molar-refractivity contribution in [2.24, 2.45) is 0 Å². The lowest BCUT2D eigenvalue weighted by Gasteiger charge is -2.18. The van der Waals surface area contributed by atoms with E-state index in [1.807, 2.05) is 79.2 Å². The molecule has 0 saturated heterocycles. The largest absolute Gasteiger partial charge is 0.497 e. The quantitative estimate of drug-likeness (QED) is 0.254. The number of hydrogen-bond donors (Lipinski definition) is 3. The fraction of sp³-hybridized carbons (Fsp3) is 0.138. The molecule has 7 nitrogen and oxygen atoms in total. The molecule has 0 spiro atoms. The second-order valence-electron chi connectivity index (χ2n) is 8.71. The van der Waals surface area contributed by atoms with Gasteiger partial charge in [0.1, 0.15) is 11.8 Å². The zero-order valence-corrected chi connectivity index (χ0v) is 21.3. The number of H-pyrrole nitrogens is 1. The molecule has 0 aliphatic carbocycles. The van der Waals surface area contributed by atoms with E-state index in [4.69, 9.17) is 4.74 Å². The third-order valence-electron chi connectivity index (χ3n) is 6.15. The summed E-state index contributed by atoms with van der Waals surface area (Å²) in [5.41, 5.74) is 5.14. The summed E-state index contributed by atoms with van der Waals surface area (Å²) in [6, 6.07) is 21.9. The van der Waals surface area contributed by atoms with E-state index in [2.05, 4.69) is 20.6 Å². The Labute approximate surface area is 218 Å². The maximum atomic E-state index is 13.4. The number of benzene rings is 3. The number of rotatable bonds is 8. The molecule has 3 aromatic carbocycles. The number of carbonyl (C=O) groups is 2. The number of fused-ring (bicyclic) bond motifs is 1. The van der Waals surface area contributed by atoms with Crippen molar-refractivity contribution in [2.75, 3.05) is 12.4 Å². The molecule has 0 saturated carbocycles. The van der Waals surface area contributed by atoms with Gasteiger partial charge in [0.25, 0.3) is 5.91 Å². The standard InChI is InChI=1S/C29H26N4O3S/c1-18-7-9-20(10-8-18)27(34)31-25(15-21-16-30-24-6-4-3-5-23(21)24)28(35)33-29-32-26(17-37-29)19-11-13-22(36-2)14-12-19/h3-14,16-17,25,30H,15H2,1-2H3,(H,31,34)(H,32,33,35)/t25-/m0/s1. The summed E-state index contributed by atoms with van der Waals surface area (Å²) in [7, 11) is 1.62. The highest BCUT2D eigenvalue weighted by molar-refractivity contribution is 7.14. The van der Waals surface area contributed by atoms with Gasteiger partial charge in [0.05, 0.1) is 12.8 Å². The third kappa shape index (κ3) is 5.54. The van der Waals surface area contributed by atoms with Gasteiger partial charge in [0, 0.05) is 40.0 Å². The molecule has 2 amide bonds. The second-order valence-corrected chi connectivity index (χ2v) is 9.57. The first-order valence-electron chi connectivity index (χ1n) is 11.8. The number of anilines is 1. The van der Waals surface area contributed by atoms with Gasteiger partial charge in [-0.15, -0.1) is 11.3 Å². The molecule has 0 radical (unpaired) electrons. The fourth-order valence-electron chi connectivity index (χ4n) is 4.09. The minimum atomic E-state index is -0.804. The molecule has 0 bridgehead atoms. The SMILES string of the molecule is COc1ccc(-c2csc(NC(=O)[C@H](Cc3c[nH]c4ccccc34)NC(=O)c3ccc(C)cc3)n2)cc1. The number of carbonyl (C=O) groups excluding carboxylic acids is 2. The maximum Gasteiger partial charge on any atom is 0.251 e. The Morgan fingerprint density at radius 2 is 1.78 bits per heavy atom. The van der Waals surface area contributed by atoms with Crippen LogP contribution in [0.5, 0.6) is 5.75 Å². The lowest BCUT2D eigenvalue weighted by molar-refractivity contribution is -0.118. The lowest BCUT2D eigenvalue weighted by atomic mass is 10.0. The number of ether oxygens (including phenoxy) is 1. The molecular weight excluding hydrogens is 484 g/mol. The van der Waals surface area contributed by atoms with Crippen molar-refractivity contribution in [3.8, 4) is 17.0 Å². The van der Waals surface area contributed by atoms with E-state index in [-0.39, 0.29) is 11.8 Å². The summed E-state index contributed by atoms with van der Waals surface area (Å²) < 4.78 is 5.22. The number of aromatic nitrogens is 2. The predicted molar refractivity (Wildman–Crippen MR) is 147 cm³/mol. The number of aryl methyl sites for hydroxylation is 1. The van der Waals surface area contributed by atoms with Crippen LogP contribution in [0.1, 0.15) is 21.5 Å². The van der Waals surface area contributed by atoms with Gasteiger partial charge in [0.2, 0.25) is 5.91 Å². The van der Waals surface area contributed by atoms with Gasteiger partial charge in [-0.1, -0.05) is 35.9 Å². The number of amides is 2. The number of thiazole rings is 1. The minimum Gasteiger partial charge on any atom is -0.497 e. The molecule has 0 aliphatic rings. The van der Waals surface area contributed by atoms with Crippen molar-refractivity contribution in [3.05, 3.63) is 101 Å². The van der Waals surface area contributed by atoms with Crippen LogP contribution in [0.25, 0.3) is 22.2 Å². The Kier molecular flexibility index (Phi) is 7.00. The fourth-order valence-corrected chi connectivity index (χ4v) is 4.82. The van der Waals surface area contributed by atoms with Crippen molar-refractivity contribution in [3.63, 3.8) is 0 Å². The summed E-state index contributed by atoms with van der Waals surface area (Å²) in [5.74, 6) is 0.122. The van der Waals surface area contributed by atoms with Gasteiger partial charge in [-0.3, -0.25) is 9.59 Å². The van der Waals surface area contributed by atoms with Gasteiger partial charge in [0.15, 0.2) is 5.13 Å². The molecule has 37 heavy (non-hydrogen) atoms. The highest BCUT2D eigenvalue weighted by atomic mass is 32.1. The summed E-state index contributed by atoms with van der Waals surface area (Å²) >= 11 is 1.33. The van der Waals surface area contributed by atoms with Gasteiger partial charge in [-0.2, -0.15) is 0 Å². The molecular formula is C29H26N4O3S. The normalized spacial score (nSPS) is 11.7. The maximum absolute atomic E-state index is 13.4. The Morgan fingerprint density at radius 1 is 1.03 bits per heavy atom. The summed E-state index contributed by atoms with van der Waals surface area (Å²) in [4.78, 5) is 34.3. The van der Waals surface area contributed by atoms with E-state index in [0.29, 0.717) is 17.1 Å². The first kappa shape index (κ1) is 24.3. The second kappa shape index (κ2) is 10.7. The van der Waals surface area contributed by atoms with E-state index >= 15 is 0 Å². The van der Waals surface area contributed by atoms with Crippen LogP contribution < -0.4 is 15.4 Å². The number of hydrogen-bond acceptors (Lipinski definition) is 5. The smallest absolute Gasteiger partial charge is 0.251 e. The van der Waals surface area contributed by atoms with Crippen molar-refractivity contribution < 1.29 is 14.3 Å². The van der Waals surface area contributed by atoms with Crippen LogP contribution in [0, 0.1) is 6.92 Å². The molecule has 1 atom stereocenters. The molecule has 2 heterocycles. The molecule has 0 fully saturated rings. The zero-order chi connectivity index (χ0) is 25.8. The Morgan fingerprint density at radius 3 is 2.54 bits per heavy atom. The minimum absolute atomic E-state index is 0.307. The van der Waals surface area contributed by atoms with Gasteiger partial charge < -0.3 is 20.4 Å². The average molecular weight is 511 g/mol. The number of aromatic amines is 1. The molecule has 186 valence electrons. The lowest BCUT2D eigenvalue weighted by Crippen LogP contribution is -2.45. The molecule has 2 aromatic heterocycles. The van der Waals surface area contributed by atoms with Gasteiger partial charge in [-0.05, 0) is 55.0 Å². The third-order valence-corrected chi connectivity index (χ3v) is 6.91. The number of para-hydroxylation sites is 1. The van der Waals surface area contributed by atoms with E-state index < -0.39 is 6.04 Å². The molecule has 5 rings (SSSR count). The number of nitrogens with one attached hydrogen (secondary N) is 3. The zero-order valence-electron chi connectivity index (χ0n) is 20.4. The molecule has 0 aliphatic heterocycles. The van der Waals surface area contributed by atoms with Crippen molar-refractivity contribution in [1.29, 1.82) is 0 Å². The number of nitrogens with zero attached hydrogens (tertiary/aromatic N) is 1. The Balaban J connectivity index is 1.37. The first-order chi connectivity index (χ1) is 18.0. The summed E-state index contributed by atoms with van der Waals surface area (Å²) in [5, 5.41) is 9.19. The first-order valence-corrected chi connectivity index (χ1v) is 12.7. The monoisotopic (exact) mass is 510 g/mol. The molecule has 3 N–H and O–H groups in total. The molecule has 8 heteroatoms. The highest BCUT2D eigenvalue weighted by Gasteiger charge is 2.24. The van der Waals surface area contributed by atoms with Crippen LogP contribution in [0.15, 0.2) is 84.4 Å². The van der Waals surface area contributed by atoms with Crippen LogP contribution in [0.4, 0.5) is 5.13 Å². The molecule has 5 aromatic rings. The van der Waals surface area contributed by atoms with E-state index in [0.717, 1.165) is 39.0 Å². The van der Waals surface area contributed by atoms with Crippen molar-refractivity contribution in [2.45, 2.75) is 19.4 Å². The Hall–Kier alpha value is -4.43. The van der Waals surface area contributed by atoms with E-state index in [1.54, 1.807) is 19.2 Å². The van der Waals surface area contributed by atoms with Crippen LogP contribution >= 0.6 is 11.3 Å².